The van der Waals surface area contributed by atoms with Crippen molar-refractivity contribution in [1.82, 2.24) is 0 Å². The van der Waals surface area contributed by atoms with E-state index in [0.29, 0.717) is 0 Å². The zero-order valence-electron chi connectivity index (χ0n) is 7.47. The van der Waals surface area contributed by atoms with Crippen molar-refractivity contribution in [2.45, 2.75) is 39.5 Å². The molecule has 11 heavy (non-hydrogen) atoms. The molecule has 0 spiro atoms. The average molecular weight is 158 g/mol. The van der Waals surface area contributed by atoms with Crippen LogP contribution in [0.15, 0.2) is 0 Å². The van der Waals surface area contributed by atoms with Crippen LogP contribution >= 0.6 is 0 Å². The van der Waals surface area contributed by atoms with E-state index < -0.39 is 5.41 Å². The van der Waals surface area contributed by atoms with E-state index in [9.17, 15) is 4.79 Å². The minimum Gasteiger partial charge on any atom is -0.395 e. The second kappa shape index (κ2) is 5.30. The number of carbonyl (C=O) groups is 1. The zero-order chi connectivity index (χ0) is 8.74. The molecular weight excluding hydrogens is 140 g/mol. The lowest BCUT2D eigenvalue weighted by Gasteiger charge is -2.23. The Morgan fingerprint density at radius 2 is 2.09 bits per heavy atom. The fourth-order valence-electron chi connectivity index (χ4n) is 1.08. The van der Waals surface area contributed by atoms with Crippen molar-refractivity contribution in [3.05, 3.63) is 0 Å². The molecule has 1 unspecified atom stereocenters. The van der Waals surface area contributed by atoms with E-state index in [-0.39, 0.29) is 6.61 Å². The summed E-state index contributed by atoms with van der Waals surface area (Å²) in [5.41, 5.74) is -0.448. The van der Waals surface area contributed by atoms with E-state index in [1.54, 1.807) is 0 Å². The molecule has 0 rings (SSSR count). The molecule has 2 heteroatoms. The fourth-order valence-corrected chi connectivity index (χ4v) is 1.08. The van der Waals surface area contributed by atoms with Gasteiger partial charge in [-0.3, -0.25) is 0 Å². The van der Waals surface area contributed by atoms with Crippen LogP contribution in [-0.2, 0) is 4.79 Å². The molecule has 0 heterocycles. The Balaban J connectivity index is 3.94. The van der Waals surface area contributed by atoms with Crippen LogP contribution in [0.2, 0.25) is 0 Å². The summed E-state index contributed by atoms with van der Waals surface area (Å²) in [7, 11) is 0. The highest BCUT2D eigenvalue weighted by molar-refractivity contribution is 5.59. The van der Waals surface area contributed by atoms with Gasteiger partial charge in [0.1, 0.15) is 6.29 Å². The van der Waals surface area contributed by atoms with Crippen molar-refractivity contribution in [3.63, 3.8) is 0 Å². The predicted octanol–water partition coefficient (Wildman–Crippen LogP) is 1.76. The monoisotopic (exact) mass is 158 g/mol. The molecule has 0 saturated carbocycles. The Morgan fingerprint density at radius 3 is 2.36 bits per heavy atom. The van der Waals surface area contributed by atoms with E-state index in [0.717, 1.165) is 32.0 Å². The Bertz CT molecular complexity index is 106. The van der Waals surface area contributed by atoms with Gasteiger partial charge in [0.25, 0.3) is 0 Å². The summed E-state index contributed by atoms with van der Waals surface area (Å²) in [6.45, 7) is 4.02. The Kier molecular flexibility index (Phi) is 5.12. The molecule has 0 fully saturated rings. The third-order valence-corrected chi connectivity index (χ3v) is 2.30. The van der Waals surface area contributed by atoms with Crippen LogP contribution < -0.4 is 0 Å². The third kappa shape index (κ3) is 3.02. The molecule has 1 N–H and O–H groups in total. The summed E-state index contributed by atoms with van der Waals surface area (Å²) < 4.78 is 0. The molecule has 66 valence electrons. The first-order chi connectivity index (χ1) is 5.24. The fraction of sp³-hybridized carbons (Fsp3) is 0.889. The molecule has 2 nitrogen and oxygen atoms in total. The van der Waals surface area contributed by atoms with Crippen molar-refractivity contribution in [2.24, 2.45) is 5.41 Å². The van der Waals surface area contributed by atoms with Gasteiger partial charge in [-0.1, -0.05) is 26.7 Å². The third-order valence-electron chi connectivity index (χ3n) is 2.30. The lowest BCUT2D eigenvalue weighted by atomic mass is 9.83. The number of aliphatic hydroxyl groups is 1. The van der Waals surface area contributed by atoms with E-state index >= 15 is 0 Å². The maximum Gasteiger partial charge on any atom is 0.128 e. The number of aldehydes is 1. The highest BCUT2D eigenvalue weighted by Gasteiger charge is 2.25. The van der Waals surface area contributed by atoms with Gasteiger partial charge in [-0.2, -0.15) is 0 Å². The predicted molar refractivity (Wildman–Crippen MR) is 45.4 cm³/mol. The van der Waals surface area contributed by atoms with Gasteiger partial charge < -0.3 is 9.90 Å². The first kappa shape index (κ1) is 10.6. The van der Waals surface area contributed by atoms with E-state index in [1.165, 1.54) is 0 Å². The molecule has 0 aliphatic rings. The first-order valence-electron chi connectivity index (χ1n) is 4.32. The van der Waals surface area contributed by atoms with Crippen molar-refractivity contribution in [1.29, 1.82) is 0 Å². The maximum absolute atomic E-state index is 10.6. The Morgan fingerprint density at radius 1 is 1.45 bits per heavy atom. The van der Waals surface area contributed by atoms with Gasteiger partial charge in [-0.25, -0.2) is 0 Å². The number of carbonyl (C=O) groups excluding carboxylic acids is 1. The van der Waals surface area contributed by atoms with Gasteiger partial charge in [0.2, 0.25) is 0 Å². The molecule has 0 aromatic rings. The van der Waals surface area contributed by atoms with Crippen LogP contribution in [0.5, 0.6) is 0 Å². The van der Waals surface area contributed by atoms with Gasteiger partial charge >= 0.3 is 0 Å². The zero-order valence-corrected chi connectivity index (χ0v) is 7.47. The Labute approximate surface area is 68.6 Å². The topological polar surface area (TPSA) is 37.3 Å². The van der Waals surface area contributed by atoms with Crippen LogP contribution in [0, 0.1) is 5.41 Å². The number of aliphatic hydroxyl groups excluding tert-OH is 1. The van der Waals surface area contributed by atoms with E-state index in [4.69, 9.17) is 5.11 Å². The first-order valence-corrected chi connectivity index (χ1v) is 4.32. The number of rotatable bonds is 6. The molecular formula is C9H18O2. The maximum atomic E-state index is 10.6. The highest BCUT2D eigenvalue weighted by atomic mass is 16.3. The summed E-state index contributed by atoms with van der Waals surface area (Å²) in [5.74, 6) is 0. The van der Waals surface area contributed by atoms with Crippen molar-refractivity contribution in [2.75, 3.05) is 6.61 Å². The van der Waals surface area contributed by atoms with Crippen molar-refractivity contribution in [3.8, 4) is 0 Å². The summed E-state index contributed by atoms with van der Waals surface area (Å²) in [5, 5.41) is 8.97. The summed E-state index contributed by atoms with van der Waals surface area (Å²) in [6, 6.07) is 0. The van der Waals surface area contributed by atoms with Crippen LogP contribution in [0.1, 0.15) is 39.5 Å². The molecule has 0 bridgehead atoms. The number of hydrogen-bond donors (Lipinski definition) is 1. The molecule has 0 aromatic carbocycles. The quantitative estimate of drug-likeness (QED) is 0.598. The molecule has 1 atom stereocenters. The van der Waals surface area contributed by atoms with Crippen LogP contribution in [-0.4, -0.2) is 18.0 Å². The molecule has 0 saturated heterocycles. The van der Waals surface area contributed by atoms with Crippen molar-refractivity contribution >= 4 is 6.29 Å². The van der Waals surface area contributed by atoms with E-state index in [1.807, 2.05) is 6.92 Å². The lowest BCUT2D eigenvalue weighted by molar-refractivity contribution is -0.119. The standard InChI is InChI=1S/C9H18O2/c1-3-5-6-9(4-2,7-10)8-11/h7,11H,3-6,8H2,1-2H3. The molecule has 0 radical (unpaired) electrons. The molecule has 0 amide bonds. The van der Waals surface area contributed by atoms with Gasteiger partial charge in [-0.05, 0) is 12.8 Å². The minimum absolute atomic E-state index is 0.00694. The number of hydrogen-bond acceptors (Lipinski definition) is 2. The normalized spacial score (nSPS) is 15.9. The summed E-state index contributed by atoms with van der Waals surface area (Å²) in [6.07, 6.45) is 4.57. The van der Waals surface area contributed by atoms with Gasteiger partial charge in [0, 0.05) is 5.41 Å². The Hall–Kier alpha value is -0.370. The minimum atomic E-state index is -0.448. The largest absolute Gasteiger partial charge is 0.395 e. The second-order valence-electron chi connectivity index (χ2n) is 3.10. The molecule has 0 aliphatic carbocycles. The van der Waals surface area contributed by atoms with E-state index in [2.05, 4.69) is 6.92 Å². The van der Waals surface area contributed by atoms with Gasteiger partial charge in [-0.15, -0.1) is 0 Å². The number of unbranched alkanes of at least 4 members (excludes halogenated alkanes) is 1. The smallest absolute Gasteiger partial charge is 0.128 e. The van der Waals surface area contributed by atoms with Crippen LogP contribution in [0.4, 0.5) is 0 Å². The highest BCUT2D eigenvalue weighted by Crippen LogP contribution is 2.25. The summed E-state index contributed by atoms with van der Waals surface area (Å²) in [4.78, 5) is 10.6. The van der Waals surface area contributed by atoms with Crippen molar-refractivity contribution < 1.29 is 9.90 Å². The summed E-state index contributed by atoms with van der Waals surface area (Å²) >= 11 is 0. The average Bonchev–Trinajstić information content (AvgIpc) is 2.08. The van der Waals surface area contributed by atoms with Gasteiger partial charge in [0.15, 0.2) is 0 Å². The second-order valence-corrected chi connectivity index (χ2v) is 3.10. The SMILES string of the molecule is CCCCC(C=O)(CC)CO. The van der Waals surface area contributed by atoms with Gasteiger partial charge in [0.05, 0.1) is 6.61 Å². The lowest BCUT2D eigenvalue weighted by Crippen LogP contribution is -2.26. The molecule has 0 aromatic heterocycles. The molecule has 0 aliphatic heterocycles. The van der Waals surface area contributed by atoms with Crippen LogP contribution in [0.25, 0.3) is 0 Å². The van der Waals surface area contributed by atoms with Crippen LogP contribution in [0.3, 0.4) is 0 Å².